The molecule has 0 saturated carbocycles. The lowest BCUT2D eigenvalue weighted by Gasteiger charge is -2.18. The van der Waals surface area contributed by atoms with E-state index in [2.05, 4.69) is 31.1 Å². The van der Waals surface area contributed by atoms with Gasteiger partial charge in [-0.05, 0) is 23.5 Å². The van der Waals surface area contributed by atoms with Gasteiger partial charge in [-0.1, -0.05) is 43.3 Å². The summed E-state index contributed by atoms with van der Waals surface area (Å²) in [6.07, 6.45) is 1.28. The fraction of sp³-hybridized carbons (Fsp3) is 0.467. The lowest BCUT2D eigenvalue weighted by molar-refractivity contribution is -0.161. The first-order valence-electron chi connectivity index (χ1n) is 6.81. The number of hydrogen-bond acceptors (Lipinski definition) is 4. The van der Waals surface area contributed by atoms with Gasteiger partial charge in [0.15, 0.2) is 0 Å². The Kier molecular flexibility index (Phi) is 4.09. The molecular formula is C15H20N2O3. The Morgan fingerprint density at radius 3 is 2.60 bits per heavy atom. The van der Waals surface area contributed by atoms with E-state index in [0.29, 0.717) is 11.6 Å². The molecule has 0 radical (unpaired) electrons. The Labute approximate surface area is 118 Å². The van der Waals surface area contributed by atoms with E-state index in [1.807, 2.05) is 12.1 Å². The van der Waals surface area contributed by atoms with Crippen LogP contribution in [0.15, 0.2) is 29.4 Å². The SMILES string of the molecule is CCC(C)c1ccc(C2=NOC(CN)(C(=O)O)C2)cc1. The lowest BCUT2D eigenvalue weighted by Crippen LogP contribution is -2.45. The molecular weight excluding hydrogens is 256 g/mol. The number of carboxylic acids is 1. The van der Waals surface area contributed by atoms with Crippen molar-refractivity contribution in [2.24, 2.45) is 10.9 Å². The molecule has 0 saturated heterocycles. The zero-order valence-electron chi connectivity index (χ0n) is 11.8. The van der Waals surface area contributed by atoms with Gasteiger partial charge in [-0.2, -0.15) is 0 Å². The molecule has 0 bridgehead atoms. The van der Waals surface area contributed by atoms with Crippen LogP contribution in [0.3, 0.4) is 0 Å². The molecule has 3 N–H and O–H groups in total. The van der Waals surface area contributed by atoms with Crippen molar-refractivity contribution in [2.75, 3.05) is 6.54 Å². The van der Waals surface area contributed by atoms with Crippen LogP contribution in [-0.4, -0.2) is 28.9 Å². The van der Waals surface area contributed by atoms with Crippen LogP contribution in [0.5, 0.6) is 0 Å². The number of hydrogen-bond donors (Lipinski definition) is 2. The van der Waals surface area contributed by atoms with Crippen molar-refractivity contribution in [1.29, 1.82) is 0 Å². The first-order chi connectivity index (χ1) is 9.52. The van der Waals surface area contributed by atoms with Crippen LogP contribution in [0.25, 0.3) is 0 Å². The van der Waals surface area contributed by atoms with Crippen LogP contribution in [-0.2, 0) is 9.63 Å². The third-order valence-electron chi connectivity index (χ3n) is 3.93. The van der Waals surface area contributed by atoms with Crippen LogP contribution in [0, 0.1) is 0 Å². The average molecular weight is 276 g/mol. The van der Waals surface area contributed by atoms with Crippen molar-refractivity contribution in [3.8, 4) is 0 Å². The summed E-state index contributed by atoms with van der Waals surface area (Å²) < 4.78 is 0. The van der Waals surface area contributed by atoms with Gasteiger partial charge in [0, 0.05) is 13.0 Å². The number of nitrogens with two attached hydrogens (primary N) is 1. The fourth-order valence-corrected chi connectivity index (χ4v) is 2.18. The Morgan fingerprint density at radius 1 is 1.50 bits per heavy atom. The monoisotopic (exact) mass is 276 g/mol. The molecule has 2 unspecified atom stereocenters. The first kappa shape index (κ1) is 14.5. The number of rotatable bonds is 5. The van der Waals surface area contributed by atoms with Crippen molar-refractivity contribution in [1.82, 2.24) is 0 Å². The second-order valence-corrected chi connectivity index (χ2v) is 5.24. The van der Waals surface area contributed by atoms with Crippen molar-refractivity contribution in [2.45, 2.75) is 38.2 Å². The van der Waals surface area contributed by atoms with Crippen LogP contribution < -0.4 is 5.73 Å². The van der Waals surface area contributed by atoms with Gasteiger partial charge in [0.25, 0.3) is 5.60 Å². The standard InChI is InChI=1S/C15H20N2O3/c1-3-10(2)11-4-6-12(7-5-11)13-8-15(9-16,14(18)19)20-17-13/h4-7,10H,3,8-9,16H2,1-2H3,(H,18,19). The van der Waals surface area contributed by atoms with Gasteiger partial charge in [-0.25, -0.2) is 4.79 Å². The Morgan fingerprint density at radius 2 is 2.15 bits per heavy atom. The summed E-state index contributed by atoms with van der Waals surface area (Å²) in [6, 6.07) is 8.01. The largest absolute Gasteiger partial charge is 0.478 e. The summed E-state index contributed by atoms with van der Waals surface area (Å²) in [5.41, 5.74) is 6.88. The third-order valence-corrected chi connectivity index (χ3v) is 3.93. The molecule has 1 aromatic carbocycles. The molecule has 5 heteroatoms. The van der Waals surface area contributed by atoms with Crippen molar-refractivity contribution in [3.05, 3.63) is 35.4 Å². The van der Waals surface area contributed by atoms with Crippen LogP contribution >= 0.6 is 0 Å². The molecule has 1 aliphatic rings. The van der Waals surface area contributed by atoms with E-state index in [1.54, 1.807) is 0 Å². The second-order valence-electron chi connectivity index (χ2n) is 5.24. The highest BCUT2D eigenvalue weighted by Gasteiger charge is 2.46. The summed E-state index contributed by atoms with van der Waals surface area (Å²) in [6.45, 7) is 4.23. The number of carbonyl (C=O) groups is 1. The quantitative estimate of drug-likeness (QED) is 0.862. The molecule has 1 aromatic rings. The van der Waals surface area contributed by atoms with Crippen LogP contribution in [0.1, 0.15) is 43.7 Å². The summed E-state index contributed by atoms with van der Waals surface area (Å²) >= 11 is 0. The first-order valence-corrected chi connectivity index (χ1v) is 6.81. The van der Waals surface area contributed by atoms with E-state index < -0.39 is 11.6 Å². The smallest absolute Gasteiger partial charge is 0.352 e. The maximum absolute atomic E-state index is 11.2. The molecule has 5 nitrogen and oxygen atoms in total. The summed E-state index contributed by atoms with van der Waals surface area (Å²) in [4.78, 5) is 16.3. The maximum atomic E-state index is 11.2. The molecule has 2 atom stereocenters. The van der Waals surface area contributed by atoms with Gasteiger partial charge in [0.2, 0.25) is 0 Å². The number of aliphatic carboxylic acids is 1. The molecule has 2 rings (SSSR count). The summed E-state index contributed by atoms with van der Waals surface area (Å²) in [5.74, 6) is -0.567. The molecule has 20 heavy (non-hydrogen) atoms. The molecule has 0 aliphatic carbocycles. The zero-order valence-corrected chi connectivity index (χ0v) is 11.8. The average Bonchev–Trinajstić information content (AvgIpc) is 2.92. The second kappa shape index (κ2) is 5.63. The minimum atomic E-state index is -1.41. The molecule has 0 fully saturated rings. The topological polar surface area (TPSA) is 84.9 Å². The number of benzene rings is 1. The Bertz CT molecular complexity index is 524. The Balaban J connectivity index is 2.16. The van der Waals surface area contributed by atoms with Crippen LogP contribution in [0.4, 0.5) is 0 Å². The zero-order chi connectivity index (χ0) is 14.8. The van der Waals surface area contributed by atoms with E-state index in [1.165, 1.54) is 5.56 Å². The van der Waals surface area contributed by atoms with Gasteiger partial charge in [0.1, 0.15) is 0 Å². The molecule has 0 spiro atoms. The van der Waals surface area contributed by atoms with E-state index in [4.69, 9.17) is 10.6 Å². The highest BCUT2D eigenvalue weighted by Crippen LogP contribution is 2.27. The summed E-state index contributed by atoms with van der Waals surface area (Å²) in [5, 5.41) is 13.1. The molecule has 0 aromatic heterocycles. The molecule has 108 valence electrons. The Hall–Kier alpha value is -1.88. The predicted octanol–water partition coefficient (Wildman–Crippen LogP) is 2.11. The van der Waals surface area contributed by atoms with Crippen molar-refractivity contribution in [3.63, 3.8) is 0 Å². The molecule has 1 aliphatic heterocycles. The molecule has 0 amide bonds. The van der Waals surface area contributed by atoms with Crippen molar-refractivity contribution < 1.29 is 14.7 Å². The van der Waals surface area contributed by atoms with Gasteiger partial charge in [0.05, 0.1) is 5.71 Å². The highest BCUT2D eigenvalue weighted by molar-refractivity contribution is 6.04. The highest BCUT2D eigenvalue weighted by atomic mass is 16.7. The van der Waals surface area contributed by atoms with Gasteiger partial charge in [-0.15, -0.1) is 0 Å². The van der Waals surface area contributed by atoms with Gasteiger partial charge < -0.3 is 15.7 Å². The predicted molar refractivity (Wildman–Crippen MR) is 76.8 cm³/mol. The lowest BCUT2D eigenvalue weighted by atomic mass is 9.92. The fourth-order valence-electron chi connectivity index (χ4n) is 2.18. The maximum Gasteiger partial charge on any atom is 0.352 e. The van der Waals surface area contributed by atoms with E-state index in [0.717, 1.165) is 12.0 Å². The number of carboxylic acid groups (broad SMARTS) is 1. The summed E-state index contributed by atoms with van der Waals surface area (Å²) in [7, 11) is 0. The minimum absolute atomic E-state index is 0.0969. The van der Waals surface area contributed by atoms with E-state index in [9.17, 15) is 9.90 Å². The number of oxime groups is 1. The minimum Gasteiger partial charge on any atom is -0.478 e. The van der Waals surface area contributed by atoms with Crippen molar-refractivity contribution >= 4 is 11.7 Å². The van der Waals surface area contributed by atoms with E-state index >= 15 is 0 Å². The molecule has 1 heterocycles. The van der Waals surface area contributed by atoms with Gasteiger partial charge >= 0.3 is 5.97 Å². The normalized spacial score (nSPS) is 23.1. The van der Waals surface area contributed by atoms with E-state index in [-0.39, 0.29) is 13.0 Å². The van der Waals surface area contributed by atoms with Crippen LogP contribution in [0.2, 0.25) is 0 Å². The third kappa shape index (κ3) is 2.54. The van der Waals surface area contributed by atoms with Gasteiger partial charge in [-0.3, -0.25) is 0 Å². The number of nitrogens with zero attached hydrogens (tertiary/aromatic N) is 1.